The van der Waals surface area contributed by atoms with Crippen LogP contribution in [0.4, 0.5) is 0 Å². The summed E-state index contributed by atoms with van der Waals surface area (Å²) in [6.07, 6.45) is 5.59. The van der Waals surface area contributed by atoms with Gasteiger partial charge in [0.1, 0.15) is 5.65 Å². The van der Waals surface area contributed by atoms with E-state index in [0.29, 0.717) is 0 Å². The van der Waals surface area contributed by atoms with E-state index in [1.165, 1.54) is 5.56 Å². The normalized spacial score (nSPS) is 11.3. The minimum absolute atomic E-state index is 0.766. The molecule has 0 saturated carbocycles. The Kier molecular flexibility index (Phi) is 3.74. The molecule has 110 valence electrons. The summed E-state index contributed by atoms with van der Waals surface area (Å²) in [5, 5.41) is 8.90. The zero-order valence-electron chi connectivity index (χ0n) is 12.2. The van der Waals surface area contributed by atoms with Crippen LogP contribution in [0.3, 0.4) is 0 Å². The highest BCUT2D eigenvalue weighted by Crippen LogP contribution is 2.26. The van der Waals surface area contributed by atoms with E-state index in [1.54, 1.807) is 6.08 Å². The topological polar surface area (TPSA) is 54.6 Å². The van der Waals surface area contributed by atoms with E-state index in [1.807, 2.05) is 40.9 Å². The molecule has 0 aliphatic heterocycles. The standard InChI is InChI=1S/C18H16N2O2/c1-2-13-6-8-14(9-7-13)18-15(10-11-17(21)22)20-12-4-3-5-16(20)19-18/h3-12H,2H2,1H3,(H,21,22)/b11-10+. The molecule has 3 aromatic rings. The van der Waals surface area contributed by atoms with Gasteiger partial charge in [0.05, 0.1) is 11.4 Å². The maximum Gasteiger partial charge on any atom is 0.328 e. The van der Waals surface area contributed by atoms with Crippen molar-refractivity contribution in [2.75, 3.05) is 0 Å². The molecule has 0 spiro atoms. The fourth-order valence-electron chi connectivity index (χ4n) is 2.44. The minimum Gasteiger partial charge on any atom is -0.478 e. The first-order valence-corrected chi connectivity index (χ1v) is 7.16. The average Bonchev–Trinajstić information content (AvgIpc) is 2.91. The third-order valence-electron chi connectivity index (χ3n) is 3.59. The van der Waals surface area contributed by atoms with Crippen LogP contribution in [0.1, 0.15) is 18.2 Å². The van der Waals surface area contributed by atoms with Crippen molar-refractivity contribution < 1.29 is 9.90 Å². The first-order valence-electron chi connectivity index (χ1n) is 7.16. The number of aryl methyl sites for hydroxylation is 1. The number of aliphatic carboxylic acids is 1. The second kappa shape index (κ2) is 5.85. The van der Waals surface area contributed by atoms with Crippen LogP contribution < -0.4 is 0 Å². The predicted molar refractivity (Wildman–Crippen MR) is 86.7 cm³/mol. The predicted octanol–water partition coefficient (Wildman–Crippen LogP) is 3.66. The Labute approximate surface area is 128 Å². The summed E-state index contributed by atoms with van der Waals surface area (Å²) in [4.78, 5) is 15.5. The quantitative estimate of drug-likeness (QED) is 0.747. The number of pyridine rings is 1. The fraction of sp³-hybridized carbons (Fsp3) is 0.111. The Morgan fingerprint density at radius 3 is 2.68 bits per heavy atom. The molecule has 1 aromatic carbocycles. The summed E-state index contributed by atoms with van der Waals surface area (Å²) >= 11 is 0. The number of carboxylic acids is 1. The zero-order valence-corrected chi connectivity index (χ0v) is 12.2. The molecule has 2 heterocycles. The Bertz CT molecular complexity index is 845. The van der Waals surface area contributed by atoms with Gasteiger partial charge in [-0.1, -0.05) is 37.3 Å². The summed E-state index contributed by atoms with van der Waals surface area (Å²) in [6, 6.07) is 13.9. The van der Waals surface area contributed by atoms with Gasteiger partial charge in [-0.3, -0.25) is 4.40 Å². The zero-order chi connectivity index (χ0) is 15.5. The molecule has 0 saturated heterocycles. The lowest BCUT2D eigenvalue weighted by Crippen LogP contribution is -1.91. The first kappa shape index (κ1) is 14.1. The smallest absolute Gasteiger partial charge is 0.328 e. The van der Waals surface area contributed by atoms with Crippen molar-refractivity contribution in [2.24, 2.45) is 0 Å². The summed E-state index contributed by atoms with van der Waals surface area (Å²) < 4.78 is 1.89. The van der Waals surface area contributed by atoms with E-state index in [2.05, 4.69) is 24.0 Å². The van der Waals surface area contributed by atoms with Crippen LogP contribution >= 0.6 is 0 Å². The fourth-order valence-corrected chi connectivity index (χ4v) is 2.44. The highest BCUT2D eigenvalue weighted by atomic mass is 16.4. The van der Waals surface area contributed by atoms with E-state index in [9.17, 15) is 4.79 Å². The average molecular weight is 292 g/mol. The molecule has 0 amide bonds. The van der Waals surface area contributed by atoms with Crippen LogP contribution in [0, 0.1) is 0 Å². The molecule has 4 heteroatoms. The highest BCUT2D eigenvalue weighted by Gasteiger charge is 2.11. The lowest BCUT2D eigenvalue weighted by molar-refractivity contribution is -0.131. The Hall–Kier alpha value is -2.88. The Morgan fingerprint density at radius 2 is 2.00 bits per heavy atom. The number of benzene rings is 1. The summed E-state index contributed by atoms with van der Waals surface area (Å²) in [5.41, 5.74) is 4.58. The van der Waals surface area contributed by atoms with Gasteiger partial charge in [-0.25, -0.2) is 9.78 Å². The number of nitrogens with zero attached hydrogens (tertiary/aromatic N) is 2. The molecule has 3 rings (SSSR count). The van der Waals surface area contributed by atoms with Crippen molar-refractivity contribution in [1.82, 2.24) is 9.38 Å². The van der Waals surface area contributed by atoms with Crippen LogP contribution in [0.2, 0.25) is 0 Å². The molecule has 22 heavy (non-hydrogen) atoms. The van der Waals surface area contributed by atoms with Crippen molar-refractivity contribution in [3.63, 3.8) is 0 Å². The van der Waals surface area contributed by atoms with Crippen molar-refractivity contribution in [1.29, 1.82) is 0 Å². The van der Waals surface area contributed by atoms with E-state index >= 15 is 0 Å². The number of aromatic nitrogens is 2. The number of rotatable bonds is 4. The van der Waals surface area contributed by atoms with Crippen LogP contribution in [-0.2, 0) is 11.2 Å². The monoisotopic (exact) mass is 292 g/mol. The van der Waals surface area contributed by atoms with Gasteiger partial charge in [0.25, 0.3) is 0 Å². The van der Waals surface area contributed by atoms with E-state index < -0.39 is 5.97 Å². The van der Waals surface area contributed by atoms with Crippen LogP contribution in [0.5, 0.6) is 0 Å². The Morgan fingerprint density at radius 1 is 1.23 bits per heavy atom. The second-order valence-electron chi connectivity index (χ2n) is 5.00. The van der Waals surface area contributed by atoms with Gasteiger partial charge in [0.15, 0.2) is 0 Å². The lowest BCUT2D eigenvalue weighted by atomic mass is 10.1. The van der Waals surface area contributed by atoms with Gasteiger partial charge in [0, 0.05) is 17.8 Å². The maximum absolute atomic E-state index is 10.8. The summed E-state index contributed by atoms with van der Waals surface area (Å²) in [6.45, 7) is 2.11. The third kappa shape index (κ3) is 2.63. The van der Waals surface area contributed by atoms with Crippen molar-refractivity contribution >= 4 is 17.7 Å². The van der Waals surface area contributed by atoms with Crippen LogP contribution in [0.25, 0.3) is 23.0 Å². The molecular formula is C18H16N2O2. The minimum atomic E-state index is -0.974. The highest BCUT2D eigenvalue weighted by molar-refractivity contribution is 5.87. The number of hydrogen-bond donors (Lipinski definition) is 1. The second-order valence-corrected chi connectivity index (χ2v) is 5.00. The first-order chi connectivity index (χ1) is 10.7. The van der Waals surface area contributed by atoms with Crippen molar-refractivity contribution in [3.8, 4) is 11.3 Å². The largest absolute Gasteiger partial charge is 0.478 e. The van der Waals surface area contributed by atoms with Crippen molar-refractivity contribution in [3.05, 3.63) is 66.0 Å². The van der Waals surface area contributed by atoms with Crippen LogP contribution in [-0.4, -0.2) is 20.5 Å². The molecule has 0 atom stereocenters. The van der Waals surface area contributed by atoms with Gasteiger partial charge < -0.3 is 5.11 Å². The van der Waals surface area contributed by atoms with Gasteiger partial charge in [0.2, 0.25) is 0 Å². The number of carbonyl (C=O) groups is 1. The van der Waals surface area contributed by atoms with Gasteiger partial charge >= 0.3 is 5.97 Å². The molecule has 2 aromatic heterocycles. The lowest BCUT2D eigenvalue weighted by Gasteiger charge is -2.02. The van der Waals surface area contributed by atoms with E-state index in [-0.39, 0.29) is 0 Å². The van der Waals surface area contributed by atoms with Gasteiger partial charge in [-0.15, -0.1) is 0 Å². The Balaban J connectivity index is 2.18. The molecule has 0 unspecified atom stereocenters. The van der Waals surface area contributed by atoms with Gasteiger partial charge in [-0.05, 0) is 30.2 Å². The van der Waals surface area contributed by atoms with E-state index in [0.717, 1.165) is 35.1 Å². The number of fused-ring (bicyclic) bond motifs is 1. The molecule has 0 fully saturated rings. The molecule has 1 N–H and O–H groups in total. The molecule has 4 nitrogen and oxygen atoms in total. The maximum atomic E-state index is 10.8. The third-order valence-corrected chi connectivity index (χ3v) is 3.59. The number of imidazole rings is 1. The summed E-state index contributed by atoms with van der Waals surface area (Å²) in [7, 11) is 0. The molecule has 0 aliphatic rings. The molecule has 0 aliphatic carbocycles. The molecular weight excluding hydrogens is 276 g/mol. The SMILES string of the molecule is CCc1ccc(-c2nc3ccccn3c2/C=C/C(=O)O)cc1. The van der Waals surface area contributed by atoms with Crippen molar-refractivity contribution in [2.45, 2.75) is 13.3 Å². The molecule has 0 radical (unpaired) electrons. The number of carboxylic acid groups (broad SMARTS) is 1. The summed E-state index contributed by atoms with van der Waals surface area (Å²) in [5.74, 6) is -0.974. The molecule has 0 bridgehead atoms. The van der Waals surface area contributed by atoms with Gasteiger partial charge in [-0.2, -0.15) is 0 Å². The van der Waals surface area contributed by atoms with E-state index in [4.69, 9.17) is 5.11 Å². The van der Waals surface area contributed by atoms with Crippen LogP contribution in [0.15, 0.2) is 54.7 Å². The number of hydrogen-bond acceptors (Lipinski definition) is 2.